The van der Waals surface area contributed by atoms with Crippen LogP contribution in [0.2, 0.25) is 0 Å². The summed E-state index contributed by atoms with van der Waals surface area (Å²) in [5.41, 5.74) is 9.04. The number of alkyl halides is 3. The molecule has 2 N–H and O–H groups in total. The van der Waals surface area contributed by atoms with Crippen LogP contribution in [0, 0.1) is 5.92 Å². The molecule has 212 valence electrons. The average Bonchev–Trinajstić information content (AvgIpc) is 3.66. The maximum atomic E-state index is 13.3. The number of fused-ring (bicyclic) bond motifs is 1. The summed E-state index contributed by atoms with van der Waals surface area (Å²) in [6.07, 6.45) is 0.253. The number of nitrogens with zero attached hydrogens (tertiary/aromatic N) is 6. The Bertz CT molecular complexity index is 1440. The Morgan fingerprint density at radius 1 is 1.18 bits per heavy atom. The van der Waals surface area contributed by atoms with E-state index in [1.54, 1.807) is 68.3 Å². The quantitative estimate of drug-likeness (QED) is 0.408. The maximum absolute atomic E-state index is 13.3. The van der Waals surface area contributed by atoms with Crippen molar-refractivity contribution in [3.8, 4) is 11.4 Å². The number of hydrogen-bond donors (Lipinski definition) is 1. The van der Waals surface area contributed by atoms with Crippen LogP contribution < -0.4 is 10.6 Å². The Morgan fingerprint density at radius 3 is 2.48 bits per heavy atom. The van der Waals surface area contributed by atoms with E-state index in [0.29, 0.717) is 29.7 Å². The van der Waals surface area contributed by atoms with Crippen molar-refractivity contribution in [2.75, 3.05) is 25.7 Å². The number of amides is 2. The summed E-state index contributed by atoms with van der Waals surface area (Å²) in [4.78, 5) is 29.6. The number of methoxy groups -OCH3 is 1. The highest BCUT2D eigenvalue weighted by Crippen LogP contribution is 2.38. The minimum Gasteiger partial charge on any atom is -0.401 e. The molecule has 0 bridgehead atoms. The number of benzene rings is 1. The Morgan fingerprint density at radius 2 is 1.88 bits per heavy atom. The first-order chi connectivity index (χ1) is 19.0. The van der Waals surface area contributed by atoms with Crippen molar-refractivity contribution >= 4 is 17.4 Å². The number of carbonyl (C=O) groups excluding carboxylic acids is 1. The van der Waals surface area contributed by atoms with Crippen LogP contribution in [-0.4, -0.2) is 51.2 Å². The van der Waals surface area contributed by atoms with Gasteiger partial charge in [-0.1, -0.05) is 24.3 Å². The molecule has 2 amide bonds. The van der Waals surface area contributed by atoms with E-state index >= 15 is 0 Å². The largest absolute Gasteiger partial charge is 0.434 e. The molecule has 0 spiro atoms. The number of carbonyl (C=O) groups is 1. The number of hydrogen-bond acceptors (Lipinski definition) is 6. The molecule has 5 rings (SSSR count). The zero-order valence-corrected chi connectivity index (χ0v) is 22.9. The Hall–Kier alpha value is -3.93. The minimum atomic E-state index is -4.54. The summed E-state index contributed by atoms with van der Waals surface area (Å²) in [6, 6.07) is 6.57. The second-order valence-corrected chi connectivity index (χ2v) is 10.6. The first-order valence-electron chi connectivity index (χ1n) is 13.1. The molecule has 1 aromatic carbocycles. The van der Waals surface area contributed by atoms with Gasteiger partial charge in [0.05, 0.1) is 19.7 Å². The number of urea groups is 1. The topological polar surface area (TPSA) is 102 Å². The van der Waals surface area contributed by atoms with Crippen LogP contribution in [0.25, 0.3) is 17.0 Å². The number of allylic oxidation sites excluding steroid dienone is 1. The van der Waals surface area contributed by atoms with Crippen LogP contribution in [0.1, 0.15) is 55.4 Å². The smallest absolute Gasteiger partial charge is 0.401 e. The number of aromatic nitrogens is 4. The summed E-state index contributed by atoms with van der Waals surface area (Å²) in [7, 11) is 3.30. The summed E-state index contributed by atoms with van der Waals surface area (Å²) in [5.74, 6) is 1.46. The number of rotatable bonds is 8. The van der Waals surface area contributed by atoms with Gasteiger partial charge in [0.2, 0.25) is 0 Å². The Kier molecular flexibility index (Phi) is 7.30. The molecule has 9 nitrogen and oxygen atoms in total. The van der Waals surface area contributed by atoms with Gasteiger partial charge in [-0.15, -0.1) is 0 Å². The normalized spacial score (nSPS) is 16.4. The molecule has 1 fully saturated rings. The molecule has 0 atom stereocenters. The van der Waals surface area contributed by atoms with E-state index in [1.807, 2.05) is 0 Å². The van der Waals surface area contributed by atoms with Gasteiger partial charge in [-0.3, -0.25) is 4.90 Å². The van der Waals surface area contributed by atoms with Gasteiger partial charge >= 0.3 is 12.2 Å². The van der Waals surface area contributed by atoms with Gasteiger partial charge < -0.3 is 19.9 Å². The van der Waals surface area contributed by atoms with Gasteiger partial charge in [-0.25, -0.2) is 19.7 Å². The number of ether oxygens (including phenoxy) is 1. The van der Waals surface area contributed by atoms with Crippen molar-refractivity contribution in [1.29, 1.82) is 0 Å². The molecular formula is C28H32F3N7O2. The van der Waals surface area contributed by atoms with Gasteiger partial charge in [0.1, 0.15) is 11.6 Å². The third-order valence-corrected chi connectivity index (χ3v) is 7.12. The van der Waals surface area contributed by atoms with Crippen LogP contribution in [0.4, 0.5) is 23.8 Å². The number of nitrogens with two attached hydrogens (primary N) is 1. The van der Waals surface area contributed by atoms with Gasteiger partial charge in [0, 0.05) is 55.0 Å². The van der Waals surface area contributed by atoms with E-state index in [1.165, 1.54) is 4.57 Å². The molecule has 2 aliphatic rings. The lowest BCUT2D eigenvalue weighted by Crippen LogP contribution is -2.45. The van der Waals surface area contributed by atoms with E-state index in [0.717, 1.165) is 41.4 Å². The highest BCUT2D eigenvalue weighted by atomic mass is 19.4. The third kappa shape index (κ3) is 5.40. The van der Waals surface area contributed by atoms with Crippen LogP contribution in [0.3, 0.4) is 0 Å². The summed E-state index contributed by atoms with van der Waals surface area (Å²) < 4.78 is 46.9. The van der Waals surface area contributed by atoms with Gasteiger partial charge in [0.25, 0.3) is 0 Å². The van der Waals surface area contributed by atoms with Crippen molar-refractivity contribution in [2.45, 2.75) is 52.0 Å². The van der Waals surface area contributed by atoms with E-state index in [4.69, 9.17) is 15.5 Å². The molecule has 1 saturated carbocycles. The number of anilines is 1. The van der Waals surface area contributed by atoms with Gasteiger partial charge in [0.15, 0.2) is 11.5 Å². The molecule has 3 heterocycles. The van der Waals surface area contributed by atoms with Crippen molar-refractivity contribution in [1.82, 2.24) is 24.4 Å². The standard InChI is InChI=1S/C28H32F3N7O2/c1-16(2)37-14-22(28(29,30)31)34-25(37)19-7-5-17(6-8-19)12-38-26-20(13-36(3)27(38)39)11-33-24(35-26)21(15-40-4)23(32)18-9-10-18/h5-8,11,14,16,18H,9-10,12-13,15,32H2,1-4H3/b23-21+. The summed E-state index contributed by atoms with van der Waals surface area (Å²) in [5, 5.41) is 0. The lowest BCUT2D eigenvalue weighted by Gasteiger charge is -2.34. The van der Waals surface area contributed by atoms with Crippen molar-refractivity contribution in [2.24, 2.45) is 11.7 Å². The van der Waals surface area contributed by atoms with Crippen LogP contribution in [0.5, 0.6) is 0 Å². The first-order valence-corrected chi connectivity index (χ1v) is 13.1. The third-order valence-electron chi connectivity index (χ3n) is 7.12. The lowest BCUT2D eigenvalue weighted by atomic mass is 10.1. The van der Waals surface area contributed by atoms with E-state index in [2.05, 4.69) is 9.97 Å². The first kappa shape index (κ1) is 27.6. The second-order valence-electron chi connectivity index (χ2n) is 10.6. The average molecular weight is 556 g/mol. The highest BCUT2D eigenvalue weighted by Gasteiger charge is 2.36. The lowest BCUT2D eigenvalue weighted by molar-refractivity contribution is -0.140. The fourth-order valence-corrected chi connectivity index (χ4v) is 4.79. The molecule has 0 saturated heterocycles. The fourth-order valence-electron chi connectivity index (χ4n) is 4.79. The SMILES string of the molecule is COC/C(=C(\N)C1CC1)c1ncc2c(n1)N(Cc1ccc(-c3nc(C(F)(F)F)cn3C(C)C)cc1)C(=O)N(C)C2. The van der Waals surface area contributed by atoms with Crippen molar-refractivity contribution < 1.29 is 22.7 Å². The minimum absolute atomic E-state index is 0.209. The Labute approximate surface area is 230 Å². The monoisotopic (exact) mass is 555 g/mol. The fraction of sp³-hybridized carbons (Fsp3) is 0.429. The predicted molar refractivity (Wildman–Crippen MR) is 144 cm³/mol. The zero-order chi connectivity index (χ0) is 28.8. The zero-order valence-electron chi connectivity index (χ0n) is 22.9. The number of imidazole rings is 1. The summed E-state index contributed by atoms with van der Waals surface area (Å²) in [6.45, 7) is 4.44. The molecule has 1 aliphatic heterocycles. The maximum Gasteiger partial charge on any atom is 0.434 e. The summed E-state index contributed by atoms with van der Waals surface area (Å²) >= 11 is 0. The van der Waals surface area contributed by atoms with Crippen LogP contribution in [0.15, 0.2) is 42.4 Å². The van der Waals surface area contributed by atoms with E-state index in [9.17, 15) is 18.0 Å². The van der Waals surface area contributed by atoms with Crippen LogP contribution >= 0.6 is 0 Å². The molecular weight excluding hydrogens is 523 g/mol. The van der Waals surface area contributed by atoms with Crippen molar-refractivity contribution in [3.05, 3.63) is 65.0 Å². The predicted octanol–water partition coefficient (Wildman–Crippen LogP) is 5.24. The van der Waals surface area contributed by atoms with Gasteiger partial charge in [-0.2, -0.15) is 13.2 Å². The Balaban J connectivity index is 1.46. The molecule has 2 aromatic heterocycles. The molecule has 0 unspecified atom stereocenters. The molecule has 0 radical (unpaired) electrons. The van der Waals surface area contributed by atoms with E-state index in [-0.39, 0.29) is 31.0 Å². The van der Waals surface area contributed by atoms with E-state index < -0.39 is 11.9 Å². The molecule has 3 aromatic rings. The molecule has 40 heavy (non-hydrogen) atoms. The highest BCUT2D eigenvalue weighted by molar-refractivity contribution is 5.93. The van der Waals surface area contributed by atoms with Crippen molar-refractivity contribution in [3.63, 3.8) is 0 Å². The van der Waals surface area contributed by atoms with Gasteiger partial charge in [-0.05, 0) is 38.2 Å². The molecule has 12 heteroatoms. The second kappa shape index (κ2) is 10.6. The molecule has 1 aliphatic carbocycles. The number of halogens is 3. The van der Waals surface area contributed by atoms with Crippen LogP contribution in [-0.2, 0) is 24.0 Å².